The Balaban J connectivity index is 2.69. The Labute approximate surface area is 91.9 Å². The van der Waals surface area contributed by atoms with Crippen molar-refractivity contribution in [1.82, 2.24) is 10.3 Å². The number of nitrogens with zero attached hydrogens (tertiary/aromatic N) is 1. The molecule has 0 aliphatic heterocycles. The number of aromatic nitrogens is 1. The molecule has 3 nitrogen and oxygen atoms in total. The highest BCUT2D eigenvalue weighted by molar-refractivity contribution is 5.24. The number of rotatable bonds is 5. The van der Waals surface area contributed by atoms with Gasteiger partial charge in [-0.3, -0.25) is 0 Å². The van der Waals surface area contributed by atoms with Crippen molar-refractivity contribution in [3.05, 3.63) is 23.4 Å². The summed E-state index contributed by atoms with van der Waals surface area (Å²) in [6, 6.07) is 4.00. The Kier molecular flexibility index (Phi) is 4.56. The SMILES string of the molecule is CCNCc1ccc(OC(C)C)nc1C. The predicted molar refractivity (Wildman–Crippen MR) is 62.1 cm³/mol. The first-order chi connectivity index (χ1) is 7.13. The zero-order valence-corrected chi connectivity index (χ0v) is 10.0. The number of pyridine rings is 1. The van der Waals surface area contributed by atoms with Gasteiger partial charge in [-0.05, 0) is 32.9 Å². The van der Waals surface area contributed by atoms with Crippen molar-refractivity contribution in [2.75, 3.05) is 6.54 Å². The van der Waals surface area contributed by atoms with Gasteiger partial charge in [0.15, 0.2) is 0 Å². The normalized spacial score (nSPS) is 10.7. The predicted octanol–water partition coefficient (Wildman–Crippen LogP) is 2.29. The first-order valence-corrected chi connectivity index (χ1v) is 5.47. The molecule has 1 aromatic rings. The average Bonchev–Trinajstić information content (AvgIpc) is 2.15. The molecule has 0 radical (unpaired) electrons. The van der Waals surface area contributed by atoms with E-state index in [1.54, 1.807) is 0 Å². The van der Waals surface area contributed by atoms with E-state index in [9.17, 15) is 0 Å². The molecule has 0 aliphatic carbocycles. The summed E-state index contributed by atoms with van der Waals surface area (Å²) in [6.07, 6.45) is 0.177. The molecule has 84 valence electrons. The molecule has 0 spiro atoms. The van der Waals surface area contributed by atoms with E-state index >= 15 is 0 Å². The van der Waals surface area contributed by atoms with Crippen LogP contribution in [0.4, 0.5) is 0 Å². The molecular weight excluding hydrogens is 188 g/mol. The zero-order valence-electron chi connectivity index (χ0n) is 10.0. The third-order valence-electron chi connectivity index (χ3n) is 2.09. The first kappa shape index (κ1) is 12.0. The van der Waals surface area contributed by atoms with Crippen LogP contribution in [0.5, 0.6) is 5.88 Å². The maximum atomic E-state index is 5.52. The second-order valence-electron chi connectivity index (χ2n) is 3.84. The van der Waals surface area contributed by atoms with Crippen molar-refractivity contribution in [3.63, 3.8) is 0 Å². The lowest BCUT2D eigenvalue weighted by molar-refractivity contribution is 0.232. The second-order valence-corrected chi connectivity index (χ2v) is 3.84. The van der Waals surface area contributed by atoms with Crippen molar-refractivity contribution in [2.45, 2.75) is 40.3 Å². The lowest BCUT2D eigenvalue weighted by Gasteiger charge is -2.11. The van der Waals surface area contributed by atoms with Crippen molar-refractivity contribution in [3.8, 4) is 5.88 Å². The number of aryl methyl sites for hydroxylation is 1. The van der Waals surface area contributed by atoms with Crippen molar-refractivity contribution < 1.29 is 4.74 Å². The van der Waals surface area contributed by atoms with Gasteiger partial charge in [0, 0.05) is 18.3 Å². The fourth-order valence-electron chi connectivity index (χ4n) is 1.32. The number of hydrogen-bond donors (Lipinski definition) is 1. The molecule has 0 atom stereocenters. The highest BCUT2D eigenvalue weighted by atomic mass is 16.5. The van der Waals surface area contributed by atoms with Crippen LogP contribution >= 0.6 is 0 Å². The molecule has 1 heterocycles. The molecule has 1 N–H and O–H groups in total. The van der Waals surface area contributed by atoms with Gasteiger partial charge in [0.1, 0.15) is 0 Å². The van der Waals surface area contributed by atoms with Crippen LogP contribution in [0, 0.1) is 6.92 Å². The van der Waals surface area contributed by atoms with Crippen molar-refractivity contribution in [2.24, 2.45) is 0 Å². The summed E-state index contributed by atoms with van der Waals surface area (Å²) in [7, 11) is 0. The topological polar surface area (TPSA) is 34.1 Å². The molecule has 0 fully saturated rings. The summed E-state index contributed by atoms with van der Waals surface area (Å²) in [4.78, 5) is 4.40. The monoisotopic (exact) mass is 208 g/mol. The number of hydrogen-bond acceptors (Lipinski definition) is 3. The summed E-state index contributed by atoms with van der Waals surface area (Å²) in [6.45, 7) is 9.97. The van der Waals surface area contributed by atoms with Crippen LogP contribution in [0.15, 0.2) is 12.1 Å². The molecule has 0 aliphatic rings. The van der Waals surface area contributed by atoms with Crippen LogP contribution < -0.4 is 10.1 Å². The summed E-state index contributed by atoms with van der Waals surface area (Å²) < 4.78 is 5.52. The van der Waals surface area contributed by atoms with Gasteiger partial charge >= 0.3 is 0 Å². The Morgan fingerprint density at radius 1 is 1.40 bits per heavy atom. The minimum absolute atomic E-state index is 0.177. The summed E-state index contributed by atoms with van der Waals surface area (Å²) in [5.41, 5.74) is 2.27. The van der Waals surface area contributed by atoms with Gasteiger partial charge < -0.3 is 10.1 Å². The van der Waals surface area contributed by atoms with Crippen LogP contribution in [0.3, 0.4) is 0 Å². The van der Waals surface area contributed by atoms with E-state index in [1.165, 1.54) is 5.56 Å². The van der Waals surface area contributed by atoms with Crippen LogP contribution in [0.25, 0.3) is 0 Å². The molecule has 15 heavy (non-hydrogen) atoms. The quantitative estimate of drug-likeness (QED) is 0.806. The molecule has 0 aromatic carbocycles. The van der Waals surface area contributed by atoms with Crippen LogP contribution in [-0.2, 0) is 6.54 Å². The molecule has 0 saturated heterocycles. The smallest absolute Gasteiger partial charge is 0.213 e. The van der Waals surface area contributed by atoms with E-state index in [0.717, 1.165) is 18.8 Å². The van der Waals surface area contributed by atoms with E-state index in [0.29, 0.717) is 5.88 Å². The summed E-state index contributed by atoms with van der Waals surface area (Å²) >= 11 is 0. The van der Waals surface area contributed by atoms with E-state index in [2.05, 4.69) is 23.3 Å². The Hall–Kier alpha value is -1.09. The van der Waals surface area contributed by atoms with E-state index in [1.807, 2.05) is 26.8 Å². The van der Waals surface area contributed by atoms with E-state index < -0.39 is 0 Å². The molecule has 3 heteroatoms. The minimum atomic E-state index is 0.177. The van der Waals surface area contributed by atoms with Crippen LogP contribution in [0.1, 0.15) is 32.0 Å². The molecule has 0 bridgehead atoms. The molecule has 0 unspecified atom stereocenters. The molecule has 1 rings (SSSR count). The van der Waals surface area contributed by atoms with Gasteiger partial charge in [0.2, 0.25) is 5.88 Å². The van der Waals surface area contributed by atoms with Gasteiger partial charge in [0.25, 0.3) is 0 Å². The number of nitrogens with one attached hydrogen (secondary N) is 1. The minimum Gasteiger partial charge on any atom is -0.475 e. The largest absolute Gasteiger partial charge is 0.475 e. The number of ether oxygens (including phenoxy) is 1. The van der Waals surface area contributed by atoms with Crippen LogP contribution in [-0.4, -0.2) is 17.6 Å². The lowest BCUT2D eigenvalue weighted by Crippen LogP contribution is -2.14. The average molecular weight is 208 g/mol. The van der Waals surface area contributed by atoms with Crippen molar-refractivity contribution in [1.29, 1.82) is 0 Å². The third-order valence-corrected chi connectivity index (χ3v) is 2.09. The standard InChI is InChI=1S/C12H20N2O/c1-5-13-8-11-6-7-12(14-10(11)4)15-9(2)3/h6-7,9,13H,5,8H2,1-4H3. The summed E-state index contributed by atoms with van der Waals surface area (Å²) in [5.74, 6) is 0.711. The first-order valence-electron chi connectivity index (χ1n) is 5.47. The van der Waals surface area contributed by atoms with E-state index in [4.69, 9.17) is 4.74 Å². The fourth-order valence-corrected chi connectivity index (χ4v) is 1.32. The molecule has 0 saturated carbocycles. The second kappa shape index (κ2) is 5.71. The summed E-state index contributed by atoms with van der Waals surface area (Å²) in [5, 5.41) is 3.28. The molecule has 0 amide bonds. The van der Waals surface area contributed by atoms with E-state index in [-0.39, 0.29) is 6.10 Å². The fraction of sp³-hybridized carbons (Fsp3) is 0.583. The Morgan fingerprint density at radius 2 is 2.13 bits per heavy atom. The molecular formula is C12H20N2O. The highest BCUT2D eigenvalue weighted by Gasteiger charge is 2.03. The van der Waals surface area contributed by atoms with Gasteiger partial charge in [-0.15, -0.1) is 0 Å². The third kappa shape index (κ3) is 3.88. The van der Waals surface area contributed by atoms with Gasteiger partial charge in [-0.25, -0.2) is 4.98 Å². The van der Waals surface area contributed by atoms with Crippen LogP contribution in [0.2, 0.25) is 0 Å². The van der Waals surface area contributed by atoms with Gasteiger partial charge in [0.05, 0.1) is 6.10 Å². The highest BCUT2D eigenvalue weighted by Crippen LogP contribution is 2.13. The maximum absolute atomic E-state index is 5.52. The lowest BCUT2D eigenvalue weighted by atomic mass is 10.2. The Morgan fingerprint density at radius 3 is 2.67 bits per heavy atom. The Bertz CT molecular complexity index is 310. The van der Waals surface area contributed by atoms with Gasteiger partial charge in [-0.2, -0.15) is 0 Å². The van der Waals surface area contributed by atoms with Gasteiger partial charge in [-0.1, -0.05) is 13.0 Å². The van der Waals surface area contributed by atoms with Crippen molar-refractivity contribution >= 4 is 0 Å². The maximum Gasteiger partial charge on any atom is 0.213 e. The zero-order chi connectivity index (χ0) is 11.3. The molecule has 1 aromatic heterocycles.